The summed E-state index contributed by atoms with van der Waals surface area (Å²) >= 11 is 0. The summed E-state index contributed by atoms with van der Waals surface area (Å²) in [6.07, 6.45) is -2.81. The van der Waals surface area contributed by atoms with Crippen molar-refractivity contribution in [3.05, 3.63) is 51.6 Å². The molecular weight excluding hydrogens is 482 g/mol. The minimum absolute atomic E-state index is 0.00471. The first-order valence-corrected chi connectivity index (χ1v) is 12.1. The number of carbonyl (C=O) groups is 3. The number of carbonyl (C=O) groups excluding carboxylic acids is 3. The van der Waals surface area contributed by atoms with Gasteiger partial charge in [-0.25, -0.2) is 0 Å². The number of ether oxygens (including phenoxy) is 2. The van der Waals surface area contributed by atoms with Crippen molar-refractivity contribution in [2.24, 2.45) is 5.73 Å². The largest absolute Gasteiger partial charge is 0.507 e. The van der Waals surface area contributed by atoms with Gasteiger partial charge in [0, 0.05) is 35.1 Å². The number of rotatable bonds is 3. The van der Waals surface area contributed by atoms with Gasteiger partial charge >= 0.3 is 0 Å². The van der Waals surface area contributed by atoms with Gasteiger partial charge in [-0.05, 0) is 32.8 Å². The third kappa shape index (κ3) is 3.58. The monoisotopic (exact) mass is 511 g/mol. The molecule has 3 aliphatic rings. The van der Waals surface area contributed by atoms with E-state index in [9.17, 15) is 34.8 Å². The van der Waals surface area contributed by atoms with Crippen molar-refractivity contribution in [1.29, 1.82) is 0 Å². The normalized spacial score (nSPS) is 30.8. The van der Waals surface area contributed by atoms with E-state index in [4.69, 9.17) is 15.2 Å². The summed E-state index contributed by atoms with van der Waals surface area (Å²) in [6, 6.07) is 3.80. The van der Waals surface area contributed by atoms with Crippen LogP contribution in [-0.2, 0) is 16.0 Å². The molecule has 0 amide bonds. The van der Waals surface area contributed by atoms with Gasteiger partial charge in [-0.1, -0.05) is 12.1 Å². The van der Waals surface area contributed by atoms with Crippen molar-refractivity contribution in [2.45, 2.75) is 69.0 Å². The van der Waals surface area contributed by atoms with Gasteiger partial charge in [-0.15, -0.1) is 0 Å². The number of methoxy groups -OCH3 is 1. The van der Waals surface area contributed by atoms with E-state index in [1.165, 1.54) is 32.2 Å². The highest BCUT2D eigenvalue weighted by atomic mass is 16.5. The Bertz CT molecular complexity index is 1340. The standard InChI is InChI=1S/C27H29NO9/c1-10-22(30)15(28)7-17(37-10)13-8-27(35,11(2)29)9-14-18(13)25(33)21-20(24(14)32)23(31)12-5-4-6-16(36-3)19(12)26(21)34/h4-6,10,13,15,17,22,30,32-33,35H,7-9,28H2,1-3H3/t10?,13-,15?,17?,22?,27-/m1/s1. The molecule has 37 heavy (non-hydrogen) atoms. The Balaban J connectivity index is 1.76. The van der Waals surface area contributed by atoms with Crippen molar-refractivity contribution < 1.29 is 44.3 Å². The van der Waals surface area contributed by atoms with E-state index in [1.54, 1.807) is 6.92 Å². The fraction of sp³-hybridized carbons (Fsp3) is 0.444. The van der Waals surface area contributed by atoms with Crippen LogP contribution in [0.2, 0.25) is 0 Å². The van der Waals surface area contributed by atoms with Crippen LogP contribution in [0.3, 0.4) is 0 Å². The van der Waals surface area contributed by atoms with Crippen LogP contribution in [0.1, 0.15) is 75.6 Å². The van der Waals surface area contributed by atoms with Gasteiger partial charge in [-0.3, -0.25) is 14.4 Å². The van der Waals surface area contributed by atoms with Gasteiger partial charge in [0.15, 0.2) is 11.6 Å². The number of aliphatic hydroxyl groups is 2. The summed E-state index contributed by atoms with van der Waals surface area (Å²) in [5.74, 6) is -3.79. The number of hydrogen-bond acceptors (Lipinski definition) is 10. The lowest BCUT2D eigenvalue weighted by molar-refractivity contribution is -0.146. The maximum Gasteiger partial charge on any atom is 0.202 e. The van der Waals surface area contributed by atoms with Crippen molar-refractivity contribution in [3.63, 3.8) is 0 Å². The number of benzene rings is 2. The molecule has 0 bridgehead atoms. The number of fused-ring (bicyclic) bond motifs is 3. The fourth-order valence-corrected chi connectivity index (χ4v) is 6.04. The molecule has 6 N–H and O–H groups in total. The summed E-state index contributed by atoms with van der Waals surface area (Å²) in [4.78, 5) is 39.7. The van der Waals surface area contributed by atoms with E-state index >= 15 is 0 Å². The molecule has 0 radical (unpaired) electrons. The molecule has 10 heteroatoms. The van der Waals surface area contributed by atoms with Gasteiger partial charge in [0.1, 0.15) is 22.8 Å². The molecule has 10 nitrogen and oxygen atoms in total. The Morgan fingerprint density at radius 3 is 2.43 bits per heavy atom. The van der Waals surface area contributed by atoms with E-state index in [1.807, 2.05) is 0 Å². The molecule has 4 unspecified atom stereocenters. The van der Waals surface area contributed by atoms with Crippen LogP contribution in [0.4, 0.5) is 0 Å². The average molecular weight is 512 g/mol. The minimum Gasteiger partial charge on any atom is -0.507 e. The number of ketones is 3. The van der Waals surface area contributed by atoms with Gasteiger partial charge in [-0.2, -0.15) is 0 Å². The first-order valence-electron chi connectivity index (χ1n) is 12.1. The maximum absolute atomic E-state index is 13.7. The Hall–Kier alpha value is -3.31. The number of nitrogens with two attached hydrogens (primary N) is 1. The van der Waals surface area contributed by atoms with Crippen molar-refractivity contribution >= 4 is 17.3 Å². The van der Waals surface area contributed by atoms with E-state index in [2.05, 4.69) is 0 Å². The number of hydrogen-bond donors (Lipinski definition) is 5. The van der Waals surface area contributed by atoms with Crippen LogP contribution in [0, 0.1) is 0 Å². The number of phenols is 2. The van der Waals surface area contributed by atoms with Crippen LogP contribution in [0.5, 0.6) is 17.2 Å². The quantitative estimate of drug-likeness (QED) is 0.320. The smallest absolute Gasteiger partial charge is 0.202 e. The molecule has 0 aromatic heterocycles. The molecule has 0 spiro atoms. The van der Waals surface area contributed by atoms with Crippen molar-refractivity contribution in [2.75, 3.05) is 7.11 Å². The lowest BCUT2D eigenvalue weighted by atomic mass is 9.66. The fourth-order valence-electron chi connectivity index (χ4n) is 6.04. The minimum atomic E-state index is -1.93. The molecule has 1 heterocycles. The van der Waals surface area contributed by atoms with Crippen LogP contribution in [-0.4, -0.2) is 74.8 Å². The number of aliphatic hydroxyl groups excluding tert-OH is 1. The molecule has 1 aliphatic heterocycles. The summed E-state index contributed by atoms with van der Waals surface area (Å²) in [5.41, 5.74) is 3.53. The van der Waals surface area contributed by atoms with E-state index in [0.717, 1.165) is 0 Å². The Morgan fingerprint density at radius 1 is 1.14 bits per heavy atom. The number of aromatic hydroxyl groups is 2. The van der Waals surface area contributed by atoms with Crippen LogP contribution in [0.25, 0.3) is 0 Å². The molecule has 1 saturated heterocycles. The first kappa shape index (κ1) is 25.3. The second-order valence-corrected chi connectivity index (χ2v) is 10.2. The highest BCUT2D eigenvalue weighted by Gasteiger charge is 2.51. The lowest BCUT2D eigenvalue weighted by Crippen LogP contribution is -2.54. The summed E-state index contributed by atoms with van der Waals surface area (Å²) in [7, 11) is 1.35. The molecule has 5 rings (SSSR count). The topological polar surface area (TPSA) is 177 Å². The SMILES string of the molecule is COc1cccc2c1C(=O)c1c(O)c3c(c(O)c1C2=O)C[C@@](O)(C(C)=O)C[C@@H]3C1CC(N)C(O)C(C)O1. The Morgan fingerprint density at radius 2 is 1.81 bits per heavy atom. The third-order valence-electron chi connectivity index (χ3n) is 8.08. The zero-order chi connectivity index (χ0) is 27.0. The number of phenolic OH excluding ortho intramolecular Hbond substituents is 2. The highest BCUT2D eigenvalue weighted by molar-refractivity contribution is 6.31. The molecule has 6 atom stereocenters. The Labute approximate surface area is 212 Å². The highest BCUT2D eigenvalue weighted by Crippen LogP contribution is 2.53. The molecule has 2 aromatic carbocycles. The molecule has 196 valence electrons. The molecule has 1 fully saturated rings. The van der Waals surface area contributed by atoms with Crippen LogP contribution >= 0.6 is 0 Å². The molecule has 0 saturated carbocycles. The lowest BCUT2D eigenvalue weighted by Gasteiger charge is -2.45. The summed E-state index contributed by atoms with van der Waals surface area (Å²) < 4.78 is 11.3. The van der Waals surface area contributed by atoms with Crippen molar-refractivity contribution in [1.82, 2.24) is 0 Å². The van der Waals surface area contributed by atoms with Gasteiger partial charge in [0.2, 0.25) is 5.78 Å². The zero-order valence-electron chi connectivity index (χ0n) is 20.6. The molecule has 2 aliphatic carbocycles. The number of Topliss-reactive ketones (excluding diaryl/α,β-unsaturated/α-hetero) is 1. The van der Waals surface area contributed by atoms with Crippen LogP contribution < -0.4 is 10.5 Å². The summed E-state index contributed by atoms with van der Waals surface area (Å²) in [5, 5.41) is 44.5. The second kappa shape index (κ2) is 8.63. The maximum atomic E-state index is 13.7. The molecule has 2 aromatic rings. The summed E-state index contributed by atoms with van der Waals surface area (Å²) in [6.45, 7) is 2.85. The predicted molar refractivity (Wildman–Crippen MR) is 129 cm³/mol. The van der Waals surface area contributed by atoms with E-state index < -0.39 is 70.3 Å². The van der Waals surface area contributed by atoms with Crippen LogP contribution in [0.15, 0.2) is 18.2 Å². The predicted octanol–water partition coefficient (Wildman–Crippen LogP) is 1.10. The van der Waals surface area contributed by atoms with Gasteiger partial charge in [0.25, 0.3) is 0 Å². The van der Waals surface area contributed by atoms with Crippen molar-refractivity contribution in [3.8, 4) is 17.2 Å². The molecular formula is C27H29NO9. The van der Waals surface area contributed by atoms with E-state index in [-0.39, 0.29) is 52.8 Å². The zero-order valence-corrected chi connectivity index (χ0v) is 20.6. The Kier molecular flexibility index (Phi) is 5.91. The average Bonchev–Trinajstić information content (AvgIpc) is 2.86. The first-order chi connectivity index (χ1) is 17.4. The second-order valence-electron chi connectivity index (χ2n) is 10.2. The van der Waals surface area contributed by atoms with Gasteiger partial charge in [0.05, 0.1) is 42.1 Å². The van der Waals surface area contributed by atoms with Gasteiger partial charge < -0.3 is 35.6 Å². The third-order valence-corrected chi connectivity index (χ3v) is 8.08. The van der Waals surface area contributed by atoms with E-state index in [0.29, 0.717) is 0 Å².